The minimum atomic E-state index is -0.633. The Morgan fingerprint density at radius 2 is 1.95 bits per heavy atom. The zero-order valence-corrected chi connectivity index (χ0v) is 10.4. The summed E-state index contributed by atoms with van der Waals surface area (Å²) in [5, 5.41) is 12.9. The van der Waals surface area contributed by atoms with E-state index < -0.39 is 17.2 Å². The van der Waals surface area contributed by atoms with Crippen LogP contribution in [0.2, 0.25) is 0 Å². The fourth-order valence-corrected chi connectivity index (χ4v) is 1.64. The maximum absolute atomic E-state index is 13.7. The van der Waals surface area contributed by atoms with Crippen LogP contribution in [0.4, 0.5) is 4.39 Å². The fraction of sp³-hybridized carbons (Fsp3) is 0.231. The summed E-state index contributed by atoms with van der Waals surface area (Å²) >= 11 is 0. The summed E-state index contributed by atoms with van der Waals surface area (Å²) in [6.07, 6.45) is 0.323. The number of hydrogen-bond donors (Lipinski definition) is 3. The number of aliphatic hydroxyl groups excluding tert-OH is 1. The number of halogens is 1. The molecule has 0 radical (unpaired) electrons. The van der Waals surface area contributed by atoms with Crippen molar-refractivity contribution >= 4 is 0 Å². The number of rotatable bonds is 3. The summed E-state index contributed by atoms with van der Waals surface area (Å²) in [5.41, 5.74) is -0.528. The maximum Gasteiger partial charge on any atom is 0.344 e. The van der Waals surface area contributed by atoms with Crippen LogP contribution in [0, 0.1) is 17.7 Å². The molecule has 7 heteroatoms. The molecule has 2 rings (SSSR count). The van der Waals surface area contributed by atoms with E-state index in [2.05, 4.69) is 22.0 Å². The van der Waals surface area contributed by atoms with Crippen LogP contribution >= 0.6 is 0 Å². The number of nitrogens with zero attached hydrogens (tertiary/aromatic N) is 1. The molecule has 0 saturated carbocycles. The lowest BCUT2D eigenvalue weighted by molar-refractivity contribution is 0.305. The average molecular weight is 277 g/mol. The fourth-order valence-electron chi connectivity index (χ4n) is 1.64. The first kappa shape index (κ1) is 13.8. The number of aliphatic hydroxyl groups is 1. The van der Waals surface area contributed by atoms with Gasteiger partial charge in [0.2, 0.25) is 0 Å². The molecule has 3 N–H and O–H groups in total. The van der Waals surface area contributed by atoms with E-state index in [0.29, 0.717) is 12.0 Å². The van der Waals surface area contributed by atoms with Crippen molar-refractivity contribution in [3.8, 4) is 11.8 Å². The molecule has 0 amide bonds. The normalized spacial score (nSPS) is 10.1. The lowest BCUT2D eigenvalue weighted by Crippen LogP contribution is -2.27. The number of aromatic amines is 2. The lowest BCUT2D eigenvalue weighted by Gasteiger charge is -2.03. The number of aromatic nitrogens is 3. The van der Waals surface area contributed by atoms with Crippen molar-refractivity contribution in [2.75, 3.05) is 6.61 Å². The first-order valence-corrected chi connectivity index (χ1v) is 5.87. The van der Waals surface area contributed by atoms with Crippen LogP contribution in [0.1, 0.15) is 17.5 Å². The molecule has 104 valence electrons. The Hall–Kier alpha value is -2.59. The van der Waals surface area contributed by atoms with Gasteiger partial charge in [0.05, 0.1) is 13.2 Å². The van der Waals surface area contributed by atoms with E-state index in [4.69, 9.17) is 5.11 Å². The second-order valence-electron chi connectivity index (χ2n) is 4.03. The van der Waals surface area contributed by atoms with Gasteiger partial charge in [-0.2, -0.15) is 0 Å². The van der Waals surface area contributed by atoms with Crippen molar-refractivity contribution in [1.29, 1.82) is 0 Å². The Labute approximate surface area is 112 Å². The van der Waals surface area contributed by atoms with Crippen LogP contribution in [0.15, 0.2) is 27.8 Å². The van der Waals surface area contributed by atoms with Crippen molar-refractivity contribution in [2.45, 2.75) is 13.0 Å². The number of hydrogen-bond acceptors (Lipinski definition) is 3. The molecule has 0 bridgehead atoms. The van der Waals surface area contributed by atoms with Gasteiger partial charge in [-0.3, -0.25) is 0 Å². The van der Waals surface area contributed by atoms with Gasteiger partial charge in [-0.15, -0.1) is 0 Å². The van der Waals surface area contributed by atoms with Gasteiger partial charge in [0.1, 0.15) is 5.82 Å². The molecule has 0 saturated heterocycles. The molecule has 20 heavy (non-hydrogen) atoms. The van der Waals surface area contributed by atoms with Gasteiger partial charge in [0.25, 0.3) is 0 Å². The van der Waals surface area contributed by atoms with Crippen molar-refractivity contribution in [1.82, 2.24) is 14.8 Å². The van der Waals surface area contributed by atoms with E-state index in [-0.39, 0.29) is 18.7 Å². The number of nitrogens with one attached hydrogen (secondary N) is 2. The monoisotopic (exact) mass is 277 g/mol. The zero-order valence-electron chi connectivity index (χ0n) is 10.4. The molecular weight excluding hydrogens is 265 g/mol. The molecule has 0 spiro atoms. The van der Waals surface area contributed by atoms with Gasteiger partial charge in [-0.25, -0.2) is 28.7 Å². The standard InChI is InChI=1S/C13H12FN3O3/c14-11-5-4-9(3-1-2-6-18)7-10(11)8-17-12(19)15-16-13(17)20/h4-5,7,18H,2,6,8H2,(H,15,19)(H,16,20). The first-order chi connectivity index (χ1) is 9.61. The highest BCUT2D eigenvalue weighted by Gasteiger charge is 2.08. The smallest absolute Gasteiger partial charge is 0.344 e. The van der Waals surface area contributed by atoms with E-state index >= 15 is 0 Å². The lowest BCUT2D eigenvalue weighted by atomic mass is 10.1. The summed E-state index contributed by atoms with van der Waals surface area (Å²) in [6.45, 7) is -0.228. The van der Waals surface area contributed by atoms with Crippen molar-refractivity contribution in [3.63, 3.8) is 0 Å². The van der Waals surface area contributed by atoms with Gasteiger partial charge in [0, 0.05) is 17.5 Å². The maximum atomic E-state index is 13.7. The van der Waals surface area contributed by atoms with Crippen LogP contribution in [0.3, 0.4) is 0 Å². The molecule has 0 aliphatic heterocycles. The average Bonchev–Trinajstić information content (AvgIpc) is 2.74. The highest BCUT2D eigenvalue weighted by atomic mass is 19.1. The van der Waals surface area contributed by atoms with E-state index in [1.165, 1.54) is 18.2 Å². The van der Waals surface area contributed by atoms with Gasteiger partial charge in [-0.05, 0) is 18.2 Å². The SMILES string of the molecule is O=c1[nH][nH]c(=O)n1Cc1cc(C#CCCO)ccc1F. The molecule has 6 nitrogen and oxygen atoms in total. The number of H-pyrrole nitrogens is 2. The van der Waals surface area contributed by atoms with E-state index in [0.717, 1.165) is 4.57 Å². The Bertz CT molecular complexity index is 749. The first-order valence-electron chi connectivity index (χ1n) is 5.87. The van der Waals surface area contributed by atoms with Crippen LogP contribution in [-0.4, -0.2) is 26.5 Å². The second kappa shape index (κ2) is 6.04. The van der Waals surface area contributed by atoms with Gasteiger partial charge < -0.3 is 5.11 Å². The molecule has 0 unspecified atom stereocenters. The predicted octanol–water partition coefficient (Wildman–Crippen LogP) is -0.214. The third kappa shape index (κ3) is 3.05. The predicted molar refractivity (Wildman–Crippen MR) is 69.8 cm³/mol. The van der Waals surface area contributed by atoms with Crippen molar-refractivity contribution < 1.29 is 9.50 Å². The van der Waals surface area contributed by atoms with Crippen molar-refractivity contribution in [2.24, 2.45) is 0 Å². The minimum Gasteiger partial charge on any atom is -0.395 e. The highest BCUT2D eigenvalue weighted by Crippen LogP contribution is 2.10. The summed E-state index contributed by atoms with van der Waals surface area (Å²) in [6, 6.07) is 4.19. The summed E-state index contributed by atoms with van der Waals surface area (Å²) in [5.74, 6) is 4.96. The van der Waals surface area contributed by atoms with E-state index in [1.807, 2.05) is 0 Å². The zero-order chi connectivity index (χ0) is 14.5. The Morgan fingerprint density at radius 1 is 1.25 bits per heavy atom. The molecule has 2 aromatic rings. The summed E-state index contributed by atoms with van der Waals surface area (Å²) in [7, 11) is 0. The second-order valence-corrected chi connectivity index (χ2v) is 4.03. The van der Waals surface area contributed by atoms with E-state index in [1.54, 1.807) is 0 Å². The van der Waals surface area contributed by atoms with Crippen molar-refractivity contribution in [3.05, 3.63) is 56.1 Å². The molecule has 1 aromatic heterocycles. The number of benzene rings is 1. The Balaban J connectivity index is 2.33. The quantitative estimate of drug-likeness (QED) is 0.678. The largest absolute Gasteiger partial charge is 0.395 e. The van der Waals surface area contributed by atoms with Crippen LogP contribution in [-0.2, 0) is 6.54 Å². The topological polar surface area (TPSA) is 90.9 Å². The third-order valence-electron chi connectivity index (χ3n) is 2.61. The highest BCUT2D eigenvalue weighted by molar-refractivity contribution is 5.37. The minimum absolute atomic E-state index is 0.0465. The molecular formula is C13H12FN3O3. The molecule has 0 aliphatic carbocycles. The van der Waals surface area contributed by atoms with Crippen LogP contribution < -0.4 is 11.4 Å². The van der Waals surface area contributed by atoms with Crippen LogP contribution in [0.25, 0.3) is 0 Å². The molecule has 1 heterocycles. The third-order valence-corrected chi connectivity index (χ3v) is 2.61. The van der Waals surface area contributed by atoms with E-state index in [9.17, 15) is 14.0 Å². The molecule has 0 atom stereocenters. The summed E-state index contributed by atoms with van der Waals surface area (Å²) < 4.78 is 14.5. The molecule has 0 fully saturated rings. The Morgan fingerprint density at radius 3 is 2.60 bits per heavy atom. The molecule has 0 aliphatic rings. The summed E-state index contributed by atoms with van der Waals surface area (Å²) in [4.78, 5) is 22.7. The Kier molecular flexibility index (Phi) is 4.17. The van der Waals surface area contributed by atoms with Crippen LogP contribution in [0.5, 0.6) is 0 Å². The van der Waals surface area contributed by atoms with Gasteiger partial charge in [-0.1, -0.05) is 11.8 Å². The van der Waals surface area contributed by atoms with Gasteiger partial charge in [0.15, 0.2) is 0 Å². The van der Waals surface area contributed by atoms with Gasteiger partial charge >= 0.3 is 11.4 Å². The molecule has 1 aromatic carbocycles.